The van der Waals surface area contributed by atoms with Crippen molar-refractivity contribution in [2.75, 3.05) is 13.2 Å². The number of hydrogen-bond donors (Lipinski definition) is 1. The highest BCUT2D eigenvalue weighted by atomic mass is 35.5. The van der Waals surface area contributed by atoms with Gasteiger partial charge in [-0.05, 0) is 19.0 Å². The van der Waals surface area contributed by atoms with E-state index < -0.39 is 0 Å². The summed E-state index contributed by atoms with van der Waals surface area (Å²) in [6, 6.07) is 2.31. The summed E-state index contributed by atoms with van der Waals surface area (Å²) in [5, 5.41) is 3.70. The Morgan fingerprint density at radius 2 is 2.11 bits per heavy atom. The molecule has 0 saturated carbocycles. The second-order valence-electron chi connectivity index (χ2n) is 4.39. The van der Waals surface area contributed by atoms with E-state index in [1.807, 2.05) is 6.07 Å². The van der Waals surface area contributed by atoms with Gasteiger partial charge in [-0.1, -0.05) is 11.6 Å². The summed E-state index contributed by atoms with van der Waals surface area (Å²) in [5.41, 5.74) is 1.61. The molecular weight excluding hydrogens is 264 g/mol. The van der Waals surface area contributed by atoms with E-state index in [4.69, 9.17) is 16.3 Å². The van der Waals surface area contributed by atoms with Crippen LogP contribution in [0.2, 0.25) is 5.15 Å². The predicted octanol–water partition coefficient (Wildman–Crippen LogP) is 1.93. The molecule has 1 saturated heterocycles. The first-order chi connectivity index (χ1) is 9.33. The smallest absolute Gasteiger partial charge is 0.138 e. The zero-order valence-electron chi connectivity index (χ0n) is 10.2. The highest BCUT2D eigenvalue weighted by Gasteiger charge is 2.17. The van der Waals surface area contributed by atoms with Crippen LogP contribution in [0.4, 0.5) is 0 Å². The standard InChI is InChI=1S/C13H13ClN4O/c14-13-12(9-4-15-8-16-5-9)3-11(6-18-13)19-7-10-1-2-17-10/h3-6,8,10,17H,1-2,7H2/t10-/m0/s1. The lowest BCUT2D eigenvalue weighted by atomic mass is 10.1. The second-order valence-corrected chi connectivity index (χ2v) is 4.75. The molecule has 2 aromatic rings. The lowest BCUT2D eigenvalue weighted by Crippen LogP contribution is -2.46. The summed E-state index contributed by atoms with van der Waals surface area (Å²) in [4.78, 5) is 12.1. The molecule has 1 N–H and O–H groups in total. The third-order valence-electron chi connectivity index (χ3n) is 3.06. The number of nitrogens with zero attached hydrogens (tertiary/aromatic N) is 3. The average molecular weight is 277 g/mol. The van der Waals surface area contributed by atoms with E-state index in [-0.39, 0.29) is 0 Å². The zero-order chi connectivity index (χ0) is 13.1. The van der Waals surface area contributed by atoms with Gasteiger partial charge in [0.05, 0.1) is 6.20 Å². The molecule has 0 amide bonds. The summed E-state index contributed by atoms with van der Waals surface area (Å²) >= 11 is 6.10. The van der Waals surface area contributed by atoms with Crippen molar-refractivity contribution in [1.82, 2.24) is 20.3 Å². The van der Waals surface area contributed by atoms with Crippen molar-refractivity contribution in [2.45, 2.75) is 12.5 Å². The monoisotopic (exact) mass is 276 g/mol. The van der Waals surface area contributed by atoms with E-state index in [0.717, 1.165) is 24.1 Å². The maximum atomic E-state index is 6.10. The first-order valence-corrected chi connectivity index (χ1v) is 6.48. The average Bonchev–Trinajstić information content (AvgIpc) is 2.40. The molecule has 2 aromatic heterocycles. The molecule has 6 heteroatoms. The SMILES string of the molecule is Clc1ncc(OC[C@@H]2CCN2)cc1-c1cncnc1. The summed E-state index contributed by atoms with van der Waals surface area (Å²) in [7, 11) is 0. The van der Waals surface area contributed by atoms with Gasteiger partial charge in [-0.25, -0.2) is 15.0 Å². The lowest BCUT2D eigenvalue weighted by Gasteiger charge is -2.27. The van der Waals surface area contributed by atoms with Crippen LogP contribution in [0, 0.1) is 0 Å². The van der Waals surface area contributed by atoms with Crippen LogP contribution in [0.5, 0.6) is 5.75 Å². The van der Waals surface area contributed by atoms with E-state index in [1.165, 1.54) is 6.33 Å². The van der Waals surface area contributed by atoms with E-state index in [2.05, 4.69) is 20.3 Å². The Kier molecular flexibility index (Phi) is 3.57. The fraction of sp³-hybridized carbons (Fsp3) is 0.308. The van der Waals surface area contributed by atoms with Crippen LogP contribution < -0.4 is 10.1 Å². The van der Waals surface area contributed by atoms with Crippen LogP contribution >= 0.6 is 11.6 Å². The molecule has 0 unspecified atom stereocenters. The van der Waals surface area contributed by atoms with Crippen molar-refractivity contribution in [2.24, 2.45) is 0 Å². The number of halogens is 1. The van der Waals surface area contributed by atoms with E-state index in [1.54, 1.807) is 18.6 Å². The minimum atomic E-state index is 0.420. The van der Waals surface area contributed by atoms with Crippen molar-refractivity contribution in [3.8, 4) is 16.9 Å². The normalized spacial score (nSPS) is 17.8. The highest BCUT2D eigenvalue weighted by molar-refractivity contribution is 6.32. The van der Waals surface area contributed by atoms with Gasteiger partial charge in [0.25, 0.3) is 0 Å². The number of hydrogen-bond acceptors (Lipinski definition) is 5. The third-order valence-corrected chi connectivity index (χ3v) is 3.36. The van der Waals surface area contributed by atoms with E-state index >= 15 is 0 Å². The molecule has 3 heterocycles. The molecule has 5 nitrogen and oxygen atoms in total. The first-order valence-electron chi connectivity index (χ1n) is 6.10. The summed E-state index contributed by atoms with van der Waals surface area (Å²) in [5.74, 6) is 0.706. The van der Waals surface area contributed by atoms with Crippen molar-refractivity contribution >= 4 is 11.6 Å². The summed E-state index contributed by atoms with van der Waals surface area (Å²) < 4.78 is 5.70. The Balaban J connectivity index is 1.79. The topological polar surface area (TPSA) is 59.9 Å². The number of pyridine rings is 1. The van der Waals surface area contributed by atoms with Gasteiger partial charge in [0.2, 0.25) is 0 Å². The number of nitrogens with one attached hydrogen (secondary N) is 1. The molecule has 0 spiro atoms. The number of ether oxygens (including phenoxy) is 1. The molecule has 1 fully saturated rings. The molecule has 0 bridgehead atoms. The summed E-state index contributed by atoms with van der Waals surface area (Å²) in [6.45, 7) is 1.72. The third kappa shape index (κ3) is 2.83. The van der Waals surface area contributed by atoms with Gasteiger partial charge in [0, 0.05) is 29.6 Å². The zero-order valence-corrected chi connectivity index (χ0v) is 11.0. The Labute approximate surface area is 116 Å². The predicted molar refractivity (Wildman–Crippen MR) is 72.2 cm³/mol. The van der Waals surface area contributed by atoms with Gasteiger partial charge in [0.15, 0.2) is 0 Å². The van der Waals surface area contributed by atoms with Crippen molar-refractivity contribution in [3.63, 3.8) is 0 Å². The molecule has 98 valence electrons. The lowest BCUT2D eigenvalue weighted by molar-refractivity contribution is 0.217. The van der Waals surface area contributed by atoms with Gasteiger partial charge in [-0.2, -0.15) is 0 Å². The molecule has 0 radical (unpaired) electrons. The van der Waals surface area contributed by atoms with Crippen LogP contribution in [-0.2, 0) is 0 Å². The quantitative estimate of drug-likeness (QED) is 0.865. The van der Waals surface area contributed by atoms with Gasteiger partial charge < -0.3 is 10.1 Å². The molecule has 19 heavy (non-hydrogen) atoms. The van der Waals surface area contributed by atoms with E-state index in [9.17, 15) is 0 Å². The van der Waals surface area contributed by atoms with Crippen molar-refractivity contribution in [1.29, 1.82) is 0 Å². The van der Waals surface area contributed by atoms with Crippen LogP contribution in [0.1, 0.15) is 6.42 Å². The van der Waals surface area contributed by atoms with Gasteiger partial charge in [0.1, 0.15) is 23.8 Å². The fourth-order valence-electron chi connectivity index (χ4n) is 1.84. The number of rotatable bonds is 4. The second kappa shape index (κ2) is 5.50. The largest absolute Gasteiger partial charge is 0.490 e. The van der Waals surface area contributed by atoms with Crippen LogP contribution in [0.25, 0.3) is 11.1 Å². The van der Waals surface area contributed by atoms with Crippen LogP contribution in [0.15, 0.2) is 31.0 Å². The Morgan fingerprint density at radius 3 is 2.79 bits per heavy atom. The summed E-state index contributed by atoms with van der Waals surface area (Å²) in [6.07, 6.45) is 7.67. The van der Waals surface area contributed by atoms with Crippen LogP contribution in [-0.4, -0.2) is 34.1 Å². The molecule has 3 rings (SSSR count). The van der Waals surface area contributed by atoms with Crippen molar-refractivity contribution < 1.29 is 4.74 Å². The fourth-order valence-corrected chi connectivity index (χ4v) is 2.05. The Bertz CT molecular complexity index is 560. The minimum absolute atomic E-state index is 0.420. The molecular formula is C13H13ClN4O. The van der Waals surface area contributed by atoms with E-state index in [0.29, 0.717) is 23.6 Å². The number of aromatic nitrogens is 3. The molecule has 0 aromatic carbocycles. The Morgan fingerprint density at radius 1 is 1.32 bits per heavy atom. The van der Waals surface area contributed by atoms with Gasteiger partial charge in [-0.3, -0.25) is 0 Å². The molecule has 1 aliphatic rings. The highest BCUT2D eigenvalue weighted by Crippen LogP contribution is 2.28. The minimum Gasteiger partial charge on any atom is -0.490 e. The van der Waals surface area contributed by atoms with Crippen LogP contribution in [0.3, 0.4) is 0 Å². The van der Waals surface area contributed by atoms with Gasteiger partial charge in [-0.15, -0.1) is 0 Å². The molecule has 1 atom stereocenters. The van der Waals surface area contributed by atoms with Gasteiger partial charge >= 0.3 is 0 Å². The Hall–Kier alpha value is -1.72. The molecule has 1 aliphatic heterocycles. The van der Waals surface area contributed by atoms with Crippen molar-refractivity contribution in [3.05, 3.63) is 36.1 Å². The molecule has 0 aliphatic carbocycles. The first kappa shape index (κ1) is 12.3. The maximum Gasteiger partial charge on any atom is 0.138 e. The maximum absolute atomic E-state index is 6.10.